The van der Waals surface area contributed by atoms with Crippen LogP contribution in [0.2, 0.25) is 0 Å². The molecule has 0 fully saturated rings. The highest BCUT2D eigenvalue weighted by atomic mass is 32.2. The number of anilines is 1. The van der Waals surface area contributed by atoms with E-state index in [1.54, 1.807) is 13.1 Å². The smallest absolute Gasteiger partial charge is 0.269 e. The van der Waals surface area contributed by atoms with Crippen LogP contribution >= 0.6 is 11.3 Å². The molecule has 0 unspecified atom stereocenters. The van der Waals surface area contributed by atoms with Crippen molar-refractivity contribution in [2.24, 2.45) is 0 Å². The first-order valence-corrected chi connectivity index (χ1v) is 8.19. The van der Waals surface area contributed by atoms with E-state index >= 15 is 0 Å². The van der Waals surface area contributed by atoms with Gasteiger partial charge in [0.2, 0.25) is 15.4 Å². The summed E-state index contributed by atoms with van der Waals surface area (Å²) in [5.41, 5.74) is 0. The lowest BCUT2D eigenvalue weighted by Crippen LogP contribution is -2.26. The summed E-state index contributed by atoms with van der Waals surface area (Å²) in [5.74, 6) is 0.769. The van der Waals surface area contributed by atoms with Crippen LogP contribution in [0.1, 0.15) is 18.6 Å². The van der Waals surface area contributed by atoms with Gasteiger partial charge in [0.1, 0.15) is 5.76 Å². The number of rotatable bonds is 6. The molecule has 0 saturated heterocycles. The Labute approximate surface area is 124 Å². The molecule has 1 amide bonds. The van der Waals surface area contributed by atoms with Crippen molar-refractivity contribution in [1.29, 1.82) is 0 Å². The number of nitrogens with one attached hydrogen (secondary N) is 2. The zero-order valence-electron chi connectivity index (χ0n) is 11.3. The highest BCUT2D eigenvalue weighted by Crippen LogP contribution is 2.19. The van der Waals surface area contributed by atoms with Crippen LogP contribution in [0.4, 0.5) is 5.13 Å². The van der Waals surface area contributed by atoms with Crippen molar-refractivity contribution in [1.82, 2.24) is 19.9 Å². The number of oxazole rings is 1. The van der Waals surface area contributed by atoms with Crippen LogP contribution in [-0.4, -0.2) is 36.1 Å². The van der Waals surface area contributed by atoms with E-state index < -0.39 is 10.0 Å². The molecule has 2 aromatic heterocycles. The fraction of sp³-hybridized carbons (Fsp3) is 0.400. The Hall–Kier alpha value is -1.85. The lowest BCUT2D eigenvalue weighted by atomic mass is 10.4. The third kappa shape index (κ3) is 4.31. The van der Waals surface area contributed by atoms with Crippen LogP contribution in [0.25, 0.3) is 0 Å². The number of aromatic nitrogens is 3. The molecule has 0 atom stereocenters. The quantitative estimate of drug-likeness (QED) is 0.729. The van der Waals surface area contributed by atoms with Crippen LogP contribution in [0, 0.1) is 6.92 Å². The van der Waals surface area contributed by atoms with E-state index in [0.717, 1.165) is 11.3 Å². The highest BCUT2D eigenvalue weighted by molar-refractivity contribution is 7.91. The van der Waals surface area contributed by atoms with Crippen LogP contribution in [0.5, 0.6) is 0 Å². The minimum absolute atomic E-state index is 0.122. The van der Waals surface area contributed by atoms with E-state index in [1.807, 2.05) is 0 Å². The summed E-state index contributed by atoms with van der Waals surface area (Å²) in [5, 5.41) is 9.62. The Balaban J connectivity index is 1.94. The van der Waals surface area contributed by atoms with Crippen LogP contribution in [0.15, 0.2) is 15.0 Å². The summed E-state index contributed by atoms with van der Waals surface area (Å²) in [6.07, 6.45) is 1.89. The number of hydrogen-bond acceptors (Lipinski definition) is 8. The van der Waals surface area contributed by atoms with Crippen molar-refractivity contribution in [3.8, 4) is 0 Å². The fourth-order valence-electron chi connectivity index (χ4n) is 1.39. The Morgan fingerprint density at radius 1 is 1.43 bits per heavy atom. The van der Waals surface area contributed by atoms with Crippen molar-refractivity contribution >= 4 is 32.4 Å². The summed E-state index contributed by atoms with van der Waals surface area (Å²) < 4.78 is 31.3. The maximum atomic E-state index is 12.0. The second kappa shape index (κ2) is 6.28. The summed E-state index contributed by atoms with van der Waals surface area (Å²) in [6, 6.07) is 0. The number of hydrogen-bond donors (Lipinski definition) is 2. The van der Waals surface area contributed by atoms with Gasteiger partial charge >= 0.3 is 0 Å². The lowest BCUT2D eigenvalue weighted by Gasteiger charge is -2.01. The Morgan fingerprint density at radius 3 is 2.81 bits per heavy atom. The molecule has 0 radical (unpaired) electrons. The third-order valence-corrected chi connectivity index (χ3v) is 4.89. The van der Waals surface area contributed by atoms with Gasteiger partial charge in [-0.1, -0.05) is 11.3 Å². The standard InChI is InChI=1S/C10H13N5O4S2/c1-6-5-11-8(19-6)3-4-12-21(17,18)10-15-14-9(20-10)13-7(2)16/h5,12H,3-4H2,1-2H3,(H,13,14,16). The number of carbonyl (C=O) groups excluding carboxylic acids is 1. The maximum absolute atomic E-state index is 12.0. The second-order valence-electron chi connectivity index (χ2n) is 4.07. The predicted molar refractivity (Wildman–Crippen MR) is 74.3 cm³/mol. The van der Waals surface area contributed by atoms with Gasteiger partial charge in [-0.15, -0.1) is 10.2 Å². The molecule has 2 aromatic rings. The van der Waals surface area contributed by atoms with Crippen molar-refractivity contribution in [3.63, 3.8) is 0 Å². The average molecular weight is 331 g/mol. The van der Waals surface area contributed by atoms with Gasteiger partial charge in [-0.3, -0.25) is 4.79 Å². The average Bonchev–Trinajstić information content (AvgIpc) is 2.98. The van der Waals surface area contributed by atoms with E-state index in [-0.39, 0.29) is 21.9 Å². The first kappa shape index (κ1) is 15.5. The Morgan fingerprint density at radius 2 is 2.19 bits per heavy atom. The molecule has 2 rings (SSSR count). The molecule has 9 nitrogen and oxygen atoms in total. The monoisotopic (exact) mass is 331 g/mol. The molecular formula is C10H13N5O4S2. The number of nitrogens with zero attached hydrogens (tertiary/aromatic N) is 3. The van der Waals surface area contributed by atoms with Gasteiger partial charge in [0.05, 0.1) is 6.20 Å². The molecule has 0 bridgehead atoms. The molecule has 0 saturated carbocycles. The normalized spacial score (nSPS) is 11.5. The zero-order chi connectivity index (χ0) is 15.5. The van der Waals surface area contributed by atoms with Crippen LogP contribution in [-0.2, 0) is 21.2 Å². The molecule has 0 aliphatic carbocycles. The van der Waals surface area contributed by atoms with Crippen molar-refractivity contribution in [2.75, 3.05) is 11.9 Å². The SMILES string of the molecule is CC(=O)Nc1nnc(S(=O)(=O)NCCc2ncc(C)o2)s1. The van der Waals surface area contributed by atoms with E-state index in [4.69, 9.17) is 4.42 Å². The van der Waals surface area contributed by atoms with Gasteiger partial charge in [-0.25, -0.2) is 18.1 Å². The molecule has 0 aliphatic rings. The molecule has 114 valence electrons. The number of amides is 1. The second-order valence-corrected chi connectivity index (χ2v) is 6.98. The van der Waals surface area contributed by atoms with Crippen LogP contribution in [0.3, 0.4) is 0 Å². The largest absolute Gasteiger partial charge is 0.446 e. The highest BCUT2D eigenvalue weighted by Gasteiger charge is 2.20. The first-order valence-electron chi connectivity index (χ1n) is 5.89. The van der Waals surface area contributed by atoms with Gasteiger partial charge in [0.25, 0.3) is 10.0 Å². The molecule has 11 heteroatoms. The van der Waals surface area contributed by atoms with Gasteiger partial charge in [0, 0.05) is 19.9 Å². The summed E-state index contributed by atoms with van der Waals surface area (Å²) >= 11 is 0.775. The Bertz CT molecular complexity index is 736. The van der Waals surface area contributed by atoms with E-state index in [1.165, 1.54) is 6.92 Å². The van der Waals surface area contributed by atoms with Gasteiger partial charge in [-0.2, -0.15) is 0 Å². The fourth-order valence-corrected chi connectivity index (χ4v) is 3.41. The summed E-state index contributed by atoms with van der Waals surface area (Å²) in [4.78, 5) is 14.8. The van der Waals surface area contributed by atoms with E-state index in [2.05, 4.69) is 25.2 Å². The maximum Gasteiger partial charge on any atom is 0.269 e. The predicted octanol–water partition coefficient (Wildman–Crippen LogP) is 0.314. The molecule has 0 spiro atoms. The lowest BCUT2D eigenvalue weighted by molar-refractivity contribution is -0.114. The molecule has 21 heavy (non-hydrogen) atoms. The number of aryl methyl sites for hydroxylation is 1. The molecule has 0 aliphatic heterocycles. The van der Waals surface area contributed by atoms with E-state index in [9.17, 15) is 13.2 Å². The molecule has 0 aromatic carbocycles. The molecule has 2 heterocycles. The topological polar surface area (TPSA) is 127 Å². The van der Waals surface area contributed by atoms with Gasteiger partial charge in [-0.05, 0) is 6.92 Å². The van der Waals surface area contributed by atoms with Crippen LogP contribution < -0.4 is 10.0 Å². The molecule has 2 N–H and O–H groups in total. The minimum Gasteiger partial charge on any atom is -0.446 e. The van der Waals surface area contributed by atoms with Gasteiger partial charge in [0.15, 0.2) is 5.89 Å². The minimum atomic E-state index is -3.76. The summed E-state index contributed by atoms with van der Waals surface area (Å²) in [7, 11) is -3.76. The molecular weight excluding hydrogens is 318 g/mol. The first-order chi connectivity index (χ1) is 9.87. The van der Waals surface area contributed by atoms with Crippen molar-refractivity contribution < 1.29 is 17.6 Å². The Kier molecular flexibility index (Phi) is 4.65. The van der Waals surface area contributed by atoms with Gasteiger partial charge < -0.3 is 9.73 Å². The van der Waals surface area contributed by atoms with Crippen molar-refractivity contribution in [3.05, 3.63) is 17.8 Å². The van der Waals surface area contributed by atoms with E-state index in [0.29, 0.717) is 18.1 Å². The summed E-state index contributed by atoms with van der Waals surface area (Å²) in [6.45, 7) is 3.18. The number of sulfonamides is 1. The zero-order valence-corrected chi connectivity index (χ0v) is 12.9. The third-order valence-electron chi connectivity index (χ3n) is 2.22. The van der Waals surface area contributed by atoms with Crippen molar-refractivity contribution in [2.45, 2.75) is 24.6 Å². The number of carbonyl (C=O) groups is 1.